The van der Waals surface area contributed by atoms with Crippen LogP contribution in [0.3, 0.4) is 0 Å². The maximum atomic E-state index is 12.5. The van der Waals surface area contributed by atoms with Gasteiger partial charge >= 0.3 is 5.97 Å². The number of ether oxygens (including phenoxy) is 1. The molecule has 0 fully saturated rings. The van der Waals surface area contributed by atoms with Gasteiger partial charge in [-0.25, -0.2) is 9.78 Å². The Morgan fingerprint density at radius 2 is 2.12 bits per heavy atom. The van der Waals surface area contributed by atoms with Gasteiger partial charge in [0.1, 0.15) is 6.07 Å². The number of rotatable bonds is 3. The largest absolute Gasteiger partial charge is 0.444 e. The molecule has 1 atom stereocenters. The summed E-state index contributed by atoms with van der Waals surface area (Å²) in [5.74, 6) is -0.589. The van der Waals surface area contributed by atoms with Crippen molar-refractivity contribution in [3.05, 3.63) is 33.1 Å². The predicted molar refractivity (Wildman–Crippen MR) is 89.8 cm³/mol. The van der Waals surface area contributed by atoms with Crippen molar-refractivity contribution in [3.8, 4) is 17.3 Å². The second-order valence-electron chi connectivity index (χ2n) is 5.51. The van der Waals surface area contributed by atoms with Gasteiger partial charge in [0.15, 0.2) is 6.10 Å². The van der Waals surface area contributed by atoms with Gasteiger partial charge in [-0.15, -0.1) is 11.3 Å². The van der Waals surface area contributed by atoms with E-state index in [2.05, 4.69) is 10.1 Å². The highest BCUT2D eigenvalue weighted by Crippen LogP contribution is 2.33. The van der Waals surface area contributed by atoms with Gasteiger partial charge in [0.25, 0.3) is 5.71 Å². The SMILES string of the molecule is Cc1cc(-c2cc(C(=O)OC(C)C#N)c3c(C)noc3n2)c(C)s1. The molecule has 3 aromatic rings. The Morgan fingerprint density at radius 3 is 2.75 bits per heavy atom. The highest BCUT2D eigenvalue weighted by atomic mass is 32.1. The molecule has 0 aliphatic rings. The van der Waals surface area contributed by atoms with Crippen LogP contribution in [-0.2, 0) is 4.74 Å². The molecule has 0 radical (unpaired) electrons. The van der Waals surface area contributed by atoms with Gasteiger partial charge in [0.2, 0.25) is 0 Å². The standard InChI is InChI=1S/C17H15N3O3S/c1-8(7-18)22-17(21)13-6-14(12-5-9(2)24-11(12)4)19-16-15(13)10(3)20-23-16/h5-6,8H,1-4H3. The molecule has 6 nitrogen and oxygen atoms in total. The lowest BCUT2D eigenvalue weighted by atomic mass is 10.1. The number of esters is 1. The first-order valence-electron chi connectivity index (χ1n) is 7.35. The molecule has 0 amide bonds. The smallest absolute Gasteiger partial charge is 0.340 e. The fraction of sp³-hybridized carbons (Fsp3) is 0.294. The maximum absolute atomic E-state index is 12.5. The highest BCUT2D eigenvalue weighted by Gasteiger charge is 2.22. The number of aryl methyl sites for hydroxylation is 3. The number of carbonyl (C=O) groups is 1. The van der Waals surface area contributed by atoms with Gasteiger partial charge in [-0.1, -0.05) is 5.16 Å². The van der Waals surface area contributed by atoms with Gasteiger partial charge in [-0.05, 0) is 39.8 Å². The molecule has 122 valence electrons. The van der Waals surface area contributed by atoms with Crippen LogP contribution in [0.5, 0.6) is 0 Å². The van der Waals surface area contributed by atoms with E-state index in [9.17, 15) is 4.79 Å². The summed E-state index contributed by atoms with van der Waals surface area (Å²) in [6.07, 6.45) is -0.838. The Labute approximate surface area is 142 Å². The quantitative estimate of drug-likeness (QED) is 0.670. The fourth-order valence-electron chi connectivity index (χ4n) is 2.53. The van der Waals surface area contributed by atoms with E-state index in [0.717, 1.165) is 15.3 Å². The van der Waals surface area contributed by atoms with Crippen molar-refractivity contribution < 1.29 is 14.1 Å². The zero-order valence-electron chi connectivity index (χ0n) is 13.7. The molecule has 0 saturated heterocycles. The van der Waals surface area contributed by atoms with Crippen LogP contribution in [0, 0.1) is 32.1 Å². The molecular formula is C17H15N3O3S. The van der Waals surface area contributed by atoms with Crippen LogP contribution in [0.1, 0.15) is 32.7 Å². The lowest BCUT2D eigenvalue weighted by molar-refractivity contribution is 0.0437. The molecule has 0 aliphatic carbocycles. The monoisotopic (exact) mass is 341 g/mol. The van der Waals surface area contributed by atoms with Crippen molar-refractivity contribution in [1.82, 2.24) is 10.1 Å². The Kier molecular flexibility index (Phi) is 4.08. The third-order valence-electron chi connectivity index (χ3n) is 3.62. The molecule has 24 heavy (non-hydrogen) atoms. The number of thiophene rings is 1. The number of hydrogen-bond acceptors (Lipinski definition) is 7. The van der Waals surface area contributed by atoms with Gasteiger partial charge < -0.3 is 9.26 Å². The Bertz CT molecular complexity index is 981. The number of carbonyl (C=O) groups excluding carboxylic acids is 1. The van der Waals surface area contributed by atoms with Crippen molar-refractivity contribution in [2.45, 2.75) is 33.8 Å². The normalized spacial score (nSPS) is 12.1. The zero-order chi connectivity index (χ0) is 17.4. The molecule has 1 unspecified atom stereocenters. The summed E-state index contributed by atoms with van der Waals surface area (Å²) in [6, 6.07) is 5.58. The lowest BCUT2D eigenvalue weighted by Crippen LogP contribution is -2.14. The van der Waals surface area contributed by atoms with Crippen molar-refractivity contribution in [3.63, 3.8) is 0 Å². The molecule has 0 N–H and O–H groups in total. The zero-order valence-corrected chi connectivity index (χ0v) is 14.5. The summed E-state index contributed by atoms with van der Waals surface area (Å²) in [5, 5.41) is 13.3. The van der Waals surface area contributed by atoms with Gasteiger partial charge in [0, 0.05) is 15.3 Å². The summed E-state index contributed by atoms with van der Waals surface area (Å²) in [7, 11) is 0. The van der Waals surface area contributed by atoms with Gasteiger partial charge in [0.05, 0.1) is 22.3 Å². The molecular weight excluding hydrogens is 326 g/mol. The fourth-order valence-corrected chi connectivity index (χ4v) is 3.46. The Balaban J connectivity index is 2.19. The van der Waals surface area contributed by atoms with E-state index in [0.29, 0.717) is 22.3 Å². The first-order chi connectivity index (χ1) is 11.4. The molecule has 3 aromatic heterocycles. The number of hydrogen-bond donors (Lipinski definition) is 0. The summed E-state index contributed by atoms with van der Waals surface area (Å²) in [4.78, 5) is 19.2. The molecule has 3 heterocycles. The van der Waals surface area contributed by atoms with Crippen molar-refractivity contribution in [1.29, 1.82) is 5.26 Å². The van der Waals surface area contributed by atoms with Crippen molar-refractivity contribution >= 4 is 28.4 Å². The number of aromatic nitrogens is 2. The average molecular weight is 341 g/mol. The summed E-state index contributed by atoms with van der Waals surface area (Å²) >= 11 is 1.66. The molecule has 0 saturated carbocycles. The summed E-state index contributed by atoms with van der Waals surface area (Å²) in [6.45, 7) is 7.27. The maximum Gasteiger partial charge on any atom is 0.340 e. The van der Waals surface area contributed by atoms with Crippen LogP contribution in [0.4, 0.5) is 0 Å². The van der Waals surface area contributed by atoms with E-state index < -0.39 is 12.1 Å². The minimum Gasteiger partial charge on any atom is -0.444 e. The predicted octanol–water partition coefficient (Wildman–Crippen LogP) is 3.95. The van der Waals surface area contributed by atoms with Crippen molar-refractivity contribution in [2.24, 2.45) is 0 Å². The van der Waals surface area contributed by atoms with Crippen LogP contribution in [0.25, 0.3) is 22.4 Å². The van der Waals surface area contributed by atoms with E-state index in [1.54, 1.807) is 24.3 Å². The topological polar surface area (TPSA) is 89.0 Å². The summed E-state index contributed by atoms with van der Waals surface area (Å²) in [5.41, 5.74) is 2.70. The second-order valence-corrected chi connectivity index (χ2v) is 6.97. The average Bonchev–Trinajstić information content (AvgIpc) is 3.08. The van der Waals surface area contributed by atoms with Crippen LogP contribution < -0.4 is 0 Å². The number of nitrogens with zero attached hydrogens (tertiary/aromatic N) is 3. The second kappa shape index (κ2) is 6.06. The van der Waals surface area contributed by atoms with Crippen LogP contribution >= 0.6 is 11.3 Å². The third-order valence-corrected chi connectivity index (χ3v) is 4.59. The van der Waals surface area contributed by atoms with Crippen LogP contribution in [0.15, 0.2) is 16.7 Å². The molecule has 0 spiro atoms. The van der Waals surface area contributed by atoms with E-state index in [1.165, 1.54) is 6.92 Å². The third kappa shape index (κ3) is 2.76. The first-order valence-corrected chi connectivity index (χ1v) is 8.17. The van der Waals surface area contributed by atoms with Crippen LogP contribution in [0.2, 0.25) is 0 Å². The lowest BCUT2D eigenvalue weighted by Gasteiger charge is -2.08. The van der Waals surface area contributed by atoms with E-state index >= 15 is 0 Å². The number of nitriles is 1. The minimum absolute atomic E-state index is 0.282. The van der Waals surface area contributed by atoms with E-state index in [1.807, 2.05) is 26.0 Å². The summed E-state index contributed by atoms with van der Waals surface area (Å²) < 4.78 is 10.4. The molecule has 0 aliphatic heterocycles. The van der Waals surface area contributed by atoms with Crippen LogP contribution in [-0.4, -0.2) is 22.2 Å². The minimum atomic E-state index is -0.838. The molecule has 0 aromatic carbocycles. The first kappa shape index (κ1) is 16.1. The molecule has 7 heteroatoms. The Hall–Kier alpha value is -2.72. The van der Waals surface area contributed by atoms with Gasteiger partial charge in [-0.2, -0.15) is 5.26 Å². The highest BCUT2D eigenvalue weighted by molar-refractivity contribution is 7.12. The number of fused-ring (bicyclic) bond motifs is 1. The van der Waals surface area contributed by atoms with Crippen molar-refractivity contribution in [2.75, 3.05) is 0 Å². The number of pyridine rings is 1. The van der Waals surface area contributed by atoms with E-state index in [-0.39, 0.29) is 5.71 Å². The van der Waals surface area contributed by atoms with E-state index in [4.69, 9.17) is 14.5 Å². The Morgan fingerprint density at radius 1 is 1.38 bits per heavy atom. The molecule has 0 bridgehead atoms. The van der Waals surface area contributed by atoms with Gasteiger partial charge in [-0.3, -0.25) is 0 Å². The molecule has 3 rings (SSSR count).